The third-order valence-electron chi connectivity index (χ3n) is 4.41. The number of halogens is 1. The summed E-state index contributed by atoms with van der Waals surface area (Å²) in [7, 11) is 0. The predicted octanol–water partition coefficient (Wildman–Crippen LogP) is 4.49. The molecule has 0 radical (unpaired) electrons. The smallest absolute Gasteiger partial charge is 0.145 e. The zero-order valence-electron chi connectivity index (χ0n) is 13.1. The summed E-state index contributed by atoms with van der Waals surface area (Å²) in [5.41, 5.74) is 0.812. The molecule has 1 saturated carbocycles. The molecule has 0 aromatic heterocycles. The lowest BCUT2D eigenvalue weighted by molar-refractivity contribution is 0.177. The number of nitrogens with zero attached hydrogens (tertiary/aromatic N) is 2. The summed E-state index contributed by atoms with van der Waals surface area (Å²) >= 11 is 0. The topological polar surface area (TPSA) is 27.0 Å². The zero-order valence-corrected chi connectivity index (χ0v) is 13.1. The van der Waals surface area contributed by atoms with Crippen molar-refractivity contribution in [2.45, 2.75) is 58.5 Å². The first kappa shape index (κ1) is 16.0. The van der Waals surface area contributed by atoms with E-state index >= 15 is 0 Å². The van der Waals surface area contributed by atoms with E-state index in [4.69, 9.17) is 5.26 Å². The number of benzene rings is 1. The van der Waals surface area contributed by atoms with Gasteiger partial charge in [0, 0.05) is 18.2 Å². The van der Waals surface area contributed by atoms with Crippen molar-refractivity contribution in [3.8, 4) is 6.07 Å². The molecule has 0 heterocycles. The van der Waals surface area contributed by atoms with Gasteiger partial charge in [0.1, 0.15) is 11.9 Å². The monoisotopic (exact) mass is 288 g/mol. The van der Waals surface area contributed by atoms with Crippen LogP contribution in [0.25, 0.3) is 0 Å². The molecular formula is C18H25FN2. The molecule has 0 bridgehead atoms. The van der Waals surface area contributed by atoms with Gasteiger partial charge in [-0.3, -0.25) is 4.90 Å². The van der Waals surface area contributed by atoms with Gasteiger partial charge in [0.05, 0.1) is 5.56 Å². The highest BCUT2D eigenvalue weighted by Gasteiger charge is 2.23. The Labute approximate surface area is 127 Å². The lowest BCUT2D eigenvalue weighted by atomic mass is 10.1. The number of rotatable bonds is 6. The molecule has 1 aliphatic carbocycles. The van der Waals surface area contributed by atoms with Gasteiger partial charge in [0.2, 0.25) is 0 Å². The minimum atomic E-state index is -0.340. The van der Waals surface area contributed by atoms with Gasteiger partial charge in [-0.15, -0.1) is 0 Å². The van der Waals surface area contributed by atoms with Gasteiger partial charge < -0.3 is 0 Å². The van der Waals surface area contributed by atoms with Crippen molar-refractivity contribution >= 4 is 0 Å². The second kappa shape index (κ2) is 7.56. The highest BCUT2D eigenvalue weighted by atomic mass is 19.1. The third kappa shape index (κ3) is 4.28. The zero-order chi connectivity index (χ0) is 15.2. The van der Waals surface area contributed by atoms with Crippen LogP contribution in [0, 0.1) is 23.1 Å². The summed E-state index contributed by atoms with van der Waals surface area (Å²) in [5, 5.41) is 8.96. The van der Waals surface area contributed by atoms with Crippen molar-refractivity contribution in [1.29, 1.82) is 5.26 Å². The summed E-state index contributed by atoms with van der Waals surface area (Å²) < 4.78 is 14.3. The van der Waals surface area contributed by atoms with Gasteiger partial charge in [-0.25, -0.2) is 4.39 Å². The number of hydrogen-bond acceptors (Lipinski definition) is 2. The molecule has 0 amide bonds. The van der Waals surface area contributed by atoms with Crippen LogP contribution in [0.15, 0.2) is 18.2 Å². The van der Waals surface area contributed by atoms with Crippen molar-refractivity contribution in [2.75, 3.05) is 6.54 Å². The molecular weight excluding hydrogens is 263 g/mol. The fraction of sp³-hybridized carbons (Fsp3) is 0.611. The van der Waals surface area contributed by atoms with Crippen molar-refractivity contribution < 1.29 is 4.39 Å². The van der Waals surface area contributed by atoms with Gasteiger partial charge >= 0.3 is 0 Å². The van der Waals surface area contributed by atoms with Crippen LogP contribution in [-0.4, -0.2) is 17.5 Å². The van der Waals surface area contributed by atoms with E-state index in [1.54, 1.807) is 12.1 Å². The average molecular weight is 288 g/mol. The van der Waals surface area contributed by atoms with E-state index in [9.17, 15) is 4.39 Å². The van der Waals surface area contributed by atoms with Crippen molar-refractivity contribution in [2.24, 2.45) is 5.92 Å². The van der Waals surface area contributed by atoms with Gasteiger partial charge in [0.25, 0.3) is 0 Å². The van der Waals surface area contributed by atoms with E-state index in [0.717, 1.165) is 13.0 Å². The van der Waals surface area contributed by atoms with Gasteiger partial charge in [0.15, 0.2) is 0 Å². The fourth-order valence-electron chi connectivity index (χ4n) is 3.09. The van der Waals surface area contributed by atoms with Gasteiger partial charge in [-0.2, -0.15) is 5.26 Å². The molecule has 0 N–H and O–H groups in total. The molecule has 114 valence electrons. The molecule has 1 aromatic rings. The Balaban J connectivity index is 2.12. The highest BCUT2D eigenvalue weighted by Crippen LogP contribution is 2.26. The van der Waals surface area contributed by atoms with Crippen molar-refractivity contribution in [1.82, 2.24) is 4.90 Å². The van der Waals surface area contributed by atoms with Crippen LogP contribution in [0.4, 0.5) is 4.39 Å². The van der Waals surface area contributed by atoms with E-state index < -0.39 is 0 Å². The first-order valence-corrected chi connectivity index (χ1v) is 8.03. The largest absolute Gasteiger partial charge is 0.296 e. The van der Waals surface area contributed by atoms with Crippen LogP contribution in [-0.2, 0) is 6.54 Å². The quantitative estimate of drug-likeness (QED) is 0.771. The first-order chi connectivity index (χ1) is 10.1. The van der Waals surface area contributed by atoms with Crippen molar-refractivity contribution in [3.63, 3.8) is 0 Å². The summed E-state index contributed by atoms with van der Waals surface area (Å²) in [6, 6.07) is 7.66. The van der Waals surface area contributed by atoms with Crippen LogP contribution in [0.5, 0.6) is 0 Å². The van der Waals surface area contributed by atoms with E-state index in [1.165, 1.54) is 25.7 Å². The molecule has 0 saturated heterocycles. The summed E-state index contributed by atoms with van der Waals surface area (Å²) in [6.45, 7) is 6.09. The Morgan fingerprint density at radius 3 is 2.67 bits per heavy atom. The van der Waals surface area contributed by atoms with E-state index in [0.29, 0.717) is 24.1 Å². The summed E-state index contributed by atoms with van der Waals surface area (Å²) in [6.07, 6.45) is 6.14. The Kier molecular flexibility index (Phi) is 5.76. The number of nitriles is 1. The summed E-state index contributed by atoms with van der Waals surface area (Å²) in [5.74, 6) is 0.316. The molecule has 0 unspecified atom stereocenters. The SMILES string of the molecule is CC(C)CCN(Cc1cccc(C#N)c1F)C1CCCC1. The molecule has 21 heavy (non-hydrogen) atoms. The standard InChI is InChI=1S/C18H25FN2/c1-14(2)10-11-21(17-8-3-4-9-17)13-16-7-5-6-15(12-20)18(16)19/h5-7,14,17H,3-4,8-11,13H2,1-2H3. The first-order valence-electron chi connectivity index (χ1n) is 8.03. The molecule has 1 fully saturated rings. The maximum absolute atomic E-state index is 14.3. The lowest BCUT2D eigenvalue weighted by Gasteiger charge is -2.29. The normalized spacial score (nSPS) is 15.8. The highest BCUT2D eigenvalue weighted by molar-refractivity contribution is 5.34. The van der Waals surface area contributed by atoms with Gasteiger partial charge in [-0.1, -0.05) is 38.8 Å². The van der Waals surface area contributed by atoms with Gasteiger partial charge in [-0.05, 0) is 37.8 Å². The molecule has 2 rings (SSSR count). The van der Waals surface area contributed by atoms with Crippen LogP contribution in [0.1, 0.15) is 57.1 Å². The minimum absolute atomic E-state index is 0.155. The Hall–Kier alpha value is -1.40. The van der Waals surface area contributed by atoms with E-state index in [-0.39, 0.29) is 11.4 Å². The molecule has 0 aliphatic heterocycles. The number of hydrogen-bond donors (Lipinski definition) is 0. The lowest BCUT2D eigenvalue weighted by Crippen LogP contribution is -2.34. The molecule has 2 nitrogen and oxygen atoms in total. The summed E-state index contributed by atoms with van der Waals surface area (Å²) in [4.78, 5) is 2.42. The van der Waals surface area contributed by atoms with E-state index in [1.807, 2.05) is 12.1 Å². The Bertz CT molecular complexity index is 498. The fourth-order valence-corrected chi connectivity index (χ4v) is 3.09. The van der Waals surface area contributed by atoms with E-state index in [2.05, 4.69) is 18.7 Å². The predicted molar refractivity (Wildman–Crippen MR) is 83.2 cm³/mol. The second-order valence-electron chi connectivity index (χ2n) is 6.48. The molecule has 0 spiro atoms. The van der Waals surface area contributed by atoms with Crippen LogP contribution < -0.4 is 0 Å². The molecule has 1 aliphatic rings. The average Bonchev–Trinajstić information content (AvgIpc) is 2.99. The van der Waals surface area contributed by atoms with Crippen molar-refractivity contribution in [3.05, 3.63) is 35.1 Å². The maximum Gasteiger partial charge on any atom is 0.145 e. The molecule has 3 heteroatoms. The van der Waals surface area contributed by atoms with Crippen LogP contribution >= 0.6 is 0 Å². The molecule has 1 aromatic carbocycles. The minimum Gasteiger partial charge on any atom is -0.296 e. The molecule has 0 atom stereocenters. The Morgan fingerprint density at radius 2 is 2.05 bits per heavy atom. The third-order valence-corrected chi connectivity index (χ3v) is 4.41. The Morgan fingerprint density at radius 1 is 1.33 bits per heavy atom. The second-order valence-corrected chi connectivity index (χ2v) is 6.48. The van der Waals surface area contributed by atoms with Crippen LogP contribution in [0.2, 0.25) is 0 Å². The van der Waals surface area contributed by atoms with Crippen LogP contribution in [0.3, 0.4) is 0 Å². The maximum atomic E-state index is 14.3.